The Morgan fingerprint density at radius 3 is 2.24 bits per heavy atom. The molecule has 0 saturated heterocycles. The van der Waals surface area contributed by atoms with E-state index in [1.807, 2.05) is 24.3 Å². The normalized spacial score (nSPS) is 11.1. The number of hydrogen-bond donors (Lipinski definition) is 0. The molecule has 0 aliphatic heterocycles. The van der Waals surface area contributed by atoms with Crippen molar-refractivity contribution in [3.05, 3.63) is 71.6 Å². The van der Waals surface area contributed by atoms with Gasteiger partial charge in [0, 0.05) is 4.91 Å². The van der Waals surface area contributed by atoms with Crippen LogP contribution in [-0.2, 0) is 16.3 Å². The van der Waals surface area contributed by atoms with Crippen LogP contribution >= 0.6 is 0 Å². The second-order valence-corrected chi connectivity index (χ2v) is 6.76. The van der Waals surface area contributed by atoms with Gasteiger partial charge < -0.3 is 4.74 Å². The molecule has 0 atom stereocenters. The molecule has 0 spiro atoms. The first-order chi connectivity index (χ1) is 10.0. The molecule has 0 radical (unpaired) electrons. The van der Waals surface area contributed by atoms with Crippen molar-refractivity contribution in [1.82, 2.24) is 0 Å². The van der Waals surface area contributed by atoms with Crippen molar-refractivity contribution in [3.63, 3.8) is 0 Å². The standard InChI is InChI=1S/C17H18O3S/c1-14(21(18,19)17-6-4-3-5-7-17)8-9-15-10-12-16(20-2)13-11-15/h3-7,10-13H,1,8-9H2,2H3. The van der Waals surface area contributed by atoms with Crippen molar-refractivity contribution in [2.24, 2.45) is 0 Å². The molecule has 3 nitrogen and oxygen atoms in total. The minimum atomic E-state index is -3.44. The Balaban J connectivity index is 2.04. The molecular weight excluding hydrogens is 284 g/mol. The van der Waals surface area contributed by atoms with E-state index in [1.165, 1.54) is 0 Å². The van der Waals surface area contributed by atoms with Crippen molar-refractivity contribution >= 4 is 9.84 Å². The molecule has 21 heavy (non-hydrogen) atoms. The minimum Gasteiger partial charge on any atom is -0.497 e. The monoisotopic (exact) mass is 302 g/mol. The van der Waals surface area contributed by atoms with E-state index < -0.39 is 9.84 Å². The SMILES string of the molecule is C=C(CCc1ccc(OC)cc1)S(=O)(=O)c1ccccc1. The van der Waals surface area contributed by atoms with Gasteiger partial charge >= 0.3 is 0 Å². The highest BCUT2D eigenvalue weighted by Crippen LogP contribution is 2.22. The van der Waals surface area contributed by atoms with E-state index >= 15 is 0 Å². The van der Waals surface area contributed by atoms with Gasteiger partial charge in [-0.3, -0.25) is 0 Å². The quantitative estimate of drug-likeness (QED) is 0.818. The summed E-state index contributed by atoms with van der Waals surface area (Å²) in [7, 11) is -1.83. The number of methoxy groups -OCH3 is 1. The highest BCUT2D eigenvalue weighted by molar-refractivity contribution is 7.95. The van der Waals surface area contributed by atoms with E-state index in [-0.39, 0.29) is 4.91 Å². The molecule has 0 bridgehead atoms. The maximum Gasteiger partial charge on any atom is 0.202 e. The molecule has 0 saturated carbocycles. The molecular formula is C17H18O3S. The summed E-state index contributed by atoms with van der Waals surface area (Å²) in [6.07, 6.45) is 1.04. The van der Waals surface area contributed by atoms with Crippen LogP contribution in [0, 0.1) is 0 Å². The summed E-state index contributed by atoms with van der Waals surface area (Å²) in [6, 6.07) is 16.0. The first-order valence-corrected chi connectivity index (χ1v) is 8.13. The zero-order valence-corrected chi connectivity index (χ0v) is 12.8. The Labute approximate surface area is 125 Å². The van der Waals surface area contributed by atoms with Gasteiger partial charge in [0.1, 0.15) is 5.75 Å². The highest BCUT2D eigenvalue weighted by Gasteiger charge is 2.17. The summed E-state index contributed by atoms with van der Waals surface area (Å²) < 4.78 is 29.8. The van der Waals surface area contributed by atoms with Crippen molar-refractivity contribution < 1.29 is 13.2 Å². The third-order valence-corrected chi connectivity index (χ3v) is 5.14. The topological polar surface area (TPSA) is 43.4 Å². The number of aryl methyl sites for hydroxylation is 1. The molecule has 0 N–H and O–H groups in total. The number of allylic oxidation sites excluding steroid dienone is 1. The van der Waals surface area contributed by atoms with Crippen LogP contribution in [0.3, 0.4) is 0 Å². The molecule has 2 rings (SSSR count). The molecule has 2 aromatic rings. The van der Waals surface area contributed by atoms with E-state index in [4.69, 9.17) is 4.74 Å². The van der Waals surface area contributed by atoms with Crippen LogP contribution < -0.4 is 4.74 Å². The van der Waals surface area contributed by atoms with Crippen molar-refractivity contribution in [2.45, 2.75) is 17.7 Å². The predicted molar refractivity (Wildman–Crippen MR) is 84.1 cm³/mol. The fourth-order valence-electron chi connectivity index (χ4n) is 1.98. The molecule has 110 valence electrons. The van der Waals surface area contributed by atoms with Crippen LogP contribution in [0.15, 0.2) is 71.0 Å². The second kappa shape index (κ2) is 6.59. The minimum absolute atomic E-state index is 0.240. The molecule has 0 aliphatic rings. The number of rotatable bonds is 6. The predicted octanol–water partition coefficient (Wildman–Crippen LogP) is 3.62. The molecule has 0 fully saturated rings. The fourth-order valence-corrected chi connectivity index (χ4v) is 3.20. The maximum absolute atomic E-state index is 12.3. The fraction of sp³-hybridized carbons (Fsp3) is 0.176. The molecule has 0 heterocycles. The average molecular weight is 302 g/mol. The van der Waals surface area contributed by atoms with Gasteiger partial charge in [-0.05, 0) is 42.7 Å². The van der Waals surface area contributed by atoms with Crippen LogP contribution in [0.25, 0.3) is 0 Å². The molecule has 2 aromatic carbocycles. The lowest BCUT2D eigenvalue weighted by atomic mass is 10.1. The summed E-state index contributed by atoms with van der Waals surface area (Å²) in [5, 5.41) is 0. The Morgan fingerprint density at radius 2 is 1.67 bits per heavy atom. The summed E-state index contributed by atoms with van der Waals surface area (Å²) in [6.45, 7) is 3.74. The van der Waals surface area contributed by atoms with Gasteiger partial charge in [0.15, 0.2) is 0 Å². The van der Waals surface area contributed by atoms with E-state index in [2.05, 4.69) is 6.58 Å². The van der Waals surface area contributed by atoms with Crippen molar-refractivity contribution in [2.75, 3.05) is 7.11 Å². The van der Waals surface area contributed by atoms with E-state index in [0.29, 0.717) is 17.7 Å². The number of hydrogen-bond acceptors (Lipinski definition) is 3. The smallest absolute Gasteiger partial charge is 0.202 e. The summed E-state index contributed by atoms with van der Waals surface area (Å²) in [5.41, 5.74) is 1.06. The number of sulfone groups is 1. The van der Waals surface area contributed by atoms with Crippen LogP contribution in [0.1, 0.15) is 12.0 Å². The van der Waals surface area contributed by atoms with E-state index in [9.17, 15) is 8.42 Å². The van der Waals surface area contributed by atoms with Crippen LogP contribution in [0.2, 0.25) is 0 Å². The largest absolute Gasteiger partial charge is 0.497 e. The third kappa shape index (κ3) is 3.73. The van der Waals surface area contributed by atoms with E-state index in [1.54, 1.807) is 37.4 Å². The van der Waals surface area contributed by atoms with Crippen LogP contribution in [-0.4, -0.2) is 15.5 Å². The van der Waals surface area contributed by atoms with Crippen LogP contribution in [0.5, 0.6) is 5.75 Å². The Bertz CT molecular complexity index is 701. The average Bonchev–Trinajstić information content (AvgIpc) is 2.53. The van der Waals surface area contributed by atoms with Crippen molar-refractivity contribution in [3.8, 4) is 5.75 Å². The van der Waals surface area contributed by atoms with Gasteiger partial charge in [0.05, 0.1) is 12.0 Å². The Kier molecular flexibility index (Phi) is 4.81. The maximum atomic E-state index is 12.3. The Morgan fingerprint density at radius 1 is 1.05 bits per heavy atom. The lowest BCUT2D eigenvalue weighted by molar-refractivity contribution is 0.414. The zero-order valence-electron chi connectivity index (χ0n) is 12.0. The number of benzene rings is 2. The van der Waals surface area contributed by atoms with E-state index in [0.717, 1.165) is 11.3 Å². The van der Waals surface area contributed by atoms with Gasteiger partial charge in [-0.25, -0.2) is 8.42 Å². The van der Waals surface area contributed by atoms with Gasteiger partial charge in [0.2, 0.25) is 9.84 Å². The van der Waals surface area contributed by atoms with Gasteiger partial charge in [-0.15, -0.1) is 0 Å². The molecule has 0 amide bonds. The molecule has 4 heteroatoms. The summed E-state index contributed by atoms with van der Waals surface area (Å²) in [4.78, 5) is 0.536. The molecule has 0 aliphatic carbocycles. The highest BCUT2D eigenvalue weighted by atomic mass is 32.2. The zero-order chi connectivity index (χ0) is 15.3. The lowest BCUT2D eigenvalue weighted by Crippen LogP contribution is -2.05. The van der Waals surface area contributed by atoms with Gasteiger partial charge in [0.25, 0.3) is 0 Å². The molecule has 0 aromatic heterocycles. The second-order valence-electron chi connectivity index (χ2n) is 4.70. The Hall–Kier alpha value is -2.07. The third-order valence-electron chi connectivity index (χ3n) is 3.29. The summed E-state index contributed by atoms with van der Waals surface area (Å²) >= 11 is 0. The lowest BCUT2D eigenvalue weighted by Gasteiger charge is -2.08. The molecule has 0 unspecified atom stereocenters. The van der Waals surface area contributed by atoms with Gasteiger partial charge in [-0.1, -0.05) is 36.9 Å². The summed E-state index contributed by atoms with van der Waals surface area (Å²) in [5.74, 6) is 0.787. The number of ether oxygens (including phenoxy) is 1. The van der Waals surface area contributed by atoms with Crippen LogP contribution in [0.4, 0.5) is 0 Å². The first kappa shape index (κ1) is 15.3. The van der Waals surface area contributed by atoms with Gasteiger partial charge in [-0.2, -0.15) is 0 Å². The van der Waals surface area contributed by atoms with Crippen molar-refractivity contribution in [1.29, 1.82) is 0 Å². The first-order valence-electron chi connectivity index (χ1n) is 6.65.